The zero-order valence-electron chi connectivity index (χ0n) is 9.71. The number of hydrogen-bond acceptors (Lipinski definition) is 4. The molecule has 0 aliphatic heterocycles. The molecule has 1 aromatic rings. The van der Waals surface area contributed by atoms with Gasteiger partial charge in [-0.2, -0.15) is 0 Å². The van der Waals surface area contributed by atoms with Crippen LogP contribution in [0.2, 0.25) is 0 Å². The van der Waals surface area contributed by atoms with Gasteiger partial charge in [-0.05, 0) is 25.8 Å². The molecule has 4 heteroatoms. The number of rotatable bonds is 4. The number of esters is 1. The van der Waals surface area contributed by atoms with Crippen LogP contribution in [0.4, 0.5) is 5.88 Å². The quantitative estimate of drug-likeness (QED) is 0.796. The molecule has 1 saturated carbocycles. The van der Waals surface area contributed by atoms with E-state index < -0.39 is 0 Å². The van der Waals surface area contributed by atoms with E-state index in [1.807, 2.05) is 19.1 Å². The maximum atomic E-state index is 11.6. The maximum absolute atomic E-state index is 11.6. The van der Waals surface area contributed by atoms with Crippen molar-refractivity contribution >= 4 is 11.9 Å². The van der Waals surface area contributed by atoms with Crippen LogP contribution in [0.3, 0.4) is 0 Å². The zero-order chi connectivity index (χ0) is 11.6. The van der Waals surface area contributed by atoms with Crippen LogP contribution in [0, 0.1) is 12.3 Å². The number of ether oxygens (including phenoxy) is 1. The number of aryl methyl sites for hydroxylation is 1. The molecule has 0 aromatic carbocycles. The second kappa shape index (κ2) is 4.20. The molecule has 1 fully saturated rings. The molecule has 0 bridgehead atoms. The monoisotopic (exact) mass is 223 g/mol. The van der Waals surface area contributed by atoms with Crippen molar-refractivity contribution in [1.29, 1.82) is 0 Å². The van der Waals surface area contributed by atoms with Gasteiger partial charge >= 0.3 is 5.97 Å². The Kier molecular flexibility index (Phi) is 2.90. The first-order chi connectivity index (χ1) is 7.66. The number of furan rings is 1. The molecule has 1 aliphatic carbocycles. The molecule has 0 spiro atoms. The van der Waals surface area contributed by atoms with Crippen LogP contribution in [-0.4, -0.2) is 19.6 Å². The minimum absolute atomic E-state index is 0.116. The first kappa shape index (κ1) is 11.0. The van der Waals surface area contributed by atoms with E-state index in [1.54, 1.807) is 0 Å². The lowest BCUT2D eigenvalue weighted by Gasteiger charge is -2.38. The molecule has 16 heavy (non-hydrogen) atoms. The number of carbonyl (C=O) groups is 1. The Morgan fingerprint density at radius 1 is 1.56 bits per heavy atom. The largest absolute Gasteiger partial charge is 0.469 e. The molecule has 0 amide bonds. The van der Waals surface area contributed by atoms with Gasteiger partial charge in [0.1, 0.15) is 5.76 Å². The standard InChI is InChI=1S/C12H17NO3/c1-9-4-5-10(16-9)13-8-12(6-3-7-12)11(14)15-2/h4-5,13H,3,6-8H2,1-2H3. The van der Waals surface area contributed by atoms with Crippen molar-refractivity contribution in [2.75, 3.05) is 19.0 Å². The number of nitrogens with one attached hydrogen (secondary N) is 1. The van der Waals surface area contributed by atoms with E-state index in [0.29, 0.717) is 12.4 Å². The molecule has 1 N–H and O–H groups in total. The van der Waals surface area contributed by atoms with Gasteiger partial charge < -0.3 is 14.5 Å². The molecular weight excluding hydrogens is 206 g/mol. The molecule has 0 unspecified atom stereocenters. The van der Waals surface area contributed by atoms with E-state index in [4.69, 9.17) is 9.15 Å². The van der Waals surface area contributed by atoms with Gasteiger partial charge in [-0.15, -0.1) is 0 Å². The first-order valence-corrected chi connectivity index (χ1v) is 5.55. The Morgan fingerprint density at radius 2 is 2.31 bits per heavy atom. The molecule has 0 atom stereocenters. The number of hydrogen-bond donors (Lipinski definition) is 1. The smallest absolute Gasteiger partial charge is 0.313 e. The molecule has 0 saturated heterocycles. The molecular formula is C12H17NO3. The minimum Gasteiger partial charge on any atom is -0.469 e. The van der Waals surface area contributed by atoms with Crippen LogP contribution < -0.4 is 5.32 Å². The summed E-state index contributed by atoms with van der Waals surface area (Å²) in [7, 11) is 1.44. The summed E-state index contributed by atoms with van der Waals surface area (Å²) in [5, 5.41) is 3.16. The Balaban J connectivity index is 1.95. The van der Waals surface area contributed by atoms with Gasteiger partial charge in [-0.1, -0.05) is 6.42 Å². The average molecular weight is 223 g/mol. The highest BCUT2D eigenvalue weighted by molar-refractivity contribution is 5.78. The Morgan fingerprint density at radius 3 is 2.75 bits per heavy atom. The molecule has 0 radical (unpaired) electrons. The van der Waals surface area contributed by atoms with Gasteiger partial charge in [0.2, 0.25) is 0 Å². The van der Waals surface area contributed by atoms with Crippen LogP contribution in [-0.2, 0) is 9.53 Å². The number of anilines is 1. The highest BCUT2D eigenvalue weighted by atomic mass is 16.5. The van der Waals surface area contributed by atoms with Gasteiger partial charge in [0.05, 0.1) is 12.5 Å². The summed E-state index contributed by atoms with van der Waals surface area (Å²) in [6.07, 6.45) is 2.88. The molecule has 1 aliphatic rings. The topological polar surface area (TPSA) is 51.5 Å². The lowest BCUT2D eigenvalue weighted by molar-refractivity contribution is -0.157. The van der Waals surface area contributed by atoms with Crippen LogP contribution in [0.15, 0.2) is 16.5 Å². The second-order valence-corrected chi connectivity index (χ2v) is 4.39. The zero-order valence-corrected chi connectivity index (χ0v) is 9.71. The average Bonchev–Trinajstić information content (AvgIpc) is 2.62. The van der Waals surface area contributed by atoms with Crippen LogP contribution >= 0.6 is 0 Å². The summed E-state index contributed by atoms with van der Waals surface area (Å²) in [6.45, 7) is 2.48. The lowest BCUT2D eigenvalue weighted by atomic mass is 9.68. The third-order valence-corrected chi connectivity index (χ3v) is 3.27. The summed E-state index contributed by atoms with van der Waals surface area (Å²) >= 11 is 0. The van der Waals surface area contributed by atoms with E-state index in [9.17, 15) is 4.79 Å². The fourth-order valence-corrected chi connectivity index (χ4v) is 2.06. The van der Waals surface area contributed by atoms with Gasteiger partial charge in [0, 0.05) is 12.6 Å². The third-order valence-electron chi connectivity index (χ3n) is 3.27. The van der Waals surface area contributed by atoms with Gasteiger partial charge in [0.15, 0.2) is 5.88 Å². The first-order valence-electron chi connectivity index (χ1n) is 5.55. The van der Waals surface area contributed by atoms with Crippen molar-refractivity contribution < 1.29 is 13.9 Å². The lowest BCUT2D eigenvalue weighted by Crippen LogP contribution is -2.44. The highest BCUT2D eigenvalue weighted by Crippen LogP contribution is 2.42. The Hall–Kier alpha value is -1.45. The summed E-state index contributed by atoms with van der Waals surface area (Å²) in [5.74, 6) is 1.46. The highest BCUT2D eigenvalue weighted by Gasteiger charge is 2.45. The van der Waals surface area contributed by atoms with Crippen molar-refractivity contribution in [1.82, 2.24) is 0 Å². The predicted molar refractivity (Wildman–Crippen MR) is 60.2 cm³/mol. The normalized spacial score (nSPS) is 17.6. The van der Waals surface area contributed by atoms with E-state index in [1.165, 1.54) is 7.11 Å². The molecule has 1 aromatic heterocycles. The summed E-state index contributed by atoms with van der Waals surface area (Å²) in [4.78, 5) is 11.6. The Bertz CT molecular complexity index is 379. The van der Waals surface area contributed by atoms with Crippen LogP contribution in [0.5, 0.6) is 0 Å². The van der Waals surface area contributed by atoms with Crippen molar-refractivity contribution in [2.45, 2.75) is 26.2 Å². The minimum atomic E-state index is -0.338. The molecule has 4 nitrogen and oxygen atoms in total. The summed E-state index contributed by atoms with van der Waals surface area (Å²) in [6, 6.07) is 3.77. The van der Waals surface area contributed by atoms with Gasteiger partial charge in [0.25, 0.3) is 0 Å². The number of carbonyl (C=O) groups excluding carboxylic acids is 1. The Labute approximate surface area is 95.0 Å². The van der Waals surface area contributed by atoms with Crippen molar-refractivity contribution in [2.24, 2.45) is 5.41 Å². The van der Waals surface area contributed by atoms with E-state index in [2.05, 4.69) is 5.32 Å². The maximum Gasteiger partial charge on any atom is 0.313 e. The fourth-order valence-electron chi connectivity index (χ4n) is 2.06. The molecule has 2 rings (SSSR count). The SMILES string of the molecule is COC(=O)C1(CNc2ccc(C)o2)CCC1. The number of methoxy groups -OCH3 is 1. The van der Waals surface area contributed by atoms with Crippen LogP contribution in [0.25, 0.3) is 0 Å². The van der Waals surface area contributed by atoms with Crippen molar-refractivity contribution in [3.8, 4) is 0 Å². The predicted octanol–water partition coefficient (Wildman–Crippen LogP) is 2.34. The molecule has 1 heterocycles. The van der Waals surface area contributed by atoms with Crippen LogP contribution in [0.1, 0.15) is 25.0 Å². The fraction of sp³-hybridized carbons (Fsp3) is 0.583. The van der Waals surface area contributed by atoms with Gasteiger partial charge in [-0.3, -0.25) is 4.79 Å². The summed E-state index contributed by atoms with van der Waals surface area (Å²) < 4.78 is 10.2. The third kappa shape index (κ3) is 1.92. The van der Waals surface area contributed by atoms with E-state index in [0.717, 1.165) is 25.0 Å². The van der Waals surface area contributed by atoms with E-state index >= 15 is 0 Å². The van der Waals surface area contributed by atoms with Crippen molar-refractivity contribution in [3.63, 3.8) is 0 Å². The van der Waals surface area contributed by atoms with E-state index in [-0.39, 0.29) is 11.4 Å². The second-order valence-electron chi connectivity index (χ2n) is 4.39. The van der Waals surface area contributed by atoms with Crippen molar-refractivity contribution in [3.05, 3.63) is 17.9 Å². The van der Waals surface area contributed by atoms with Gasteiger partial charge in [-0.25, -0.2) is 0 Å². The molecule has 88 valence electrons. The summed E-state index contributed by atoms with van der Waals surface area (Å²) in [5.41, 5.74) is -0.338.